The molecule has 0 aliphatic carbocycles. The van der Waals surface area contributed by atoms with Gasteiger partial charge in [0.2, 0.25) is 0 Å². The van der Waals surface area contributed by atoms with E-state index in [1.165, 1.54) is 55.0 Å². The van der Waals surface area contributed by atoms with Gasteiger partial charge in [0.1, 0.15) is 0 Å². The van der Waals surface area contributed by atoms with Gasteiger partial charge in [0, 0.05) is 56.4 Å². The van der Waals surface area contributed by atoms with Gasteiger partial charge >= 0.3 is 45.6 Å². The first-order chi connectivity index (χ1) is 22.7. The first-order valence-electron chi connectivity index (χ1n) is 12.9. The molecule has 34 heteroatoms. The van der Waals surface area contributed by atoms with E-state index in [9.17, 15) is 42.7 Å². The van der Waals surface area contributed by atoms with Crippen molar-refractivity contribution >= 4 is 45.6 Å². The zero-order valence-electron chi connectivity index (χ0n) is 27.2. The van der Waals surface area contributed by atoms with Crippen LogP contribution in [0.5, 0.6) is 0 Å². The van der Waals surface area contributed by atoms with Crippen molar-refractivity contribution in [1.29, 1.82) is 0 Å². The summed E-state index contributed by atoms with van der Waals surface area (Å²) >= 11 is 0. The molecule has 0 radical (unpaired) electrons. The summed E-state index contributed by atoms with van der Waals surface area (Å²) in [7, 11) is -32.5. The topological polar surface area (TPSA) is 571 Å². The first kappa shape index (κ1) is 59.8. The van der Waals surface area contributed by atoms with Crippen LogP contribution in [0.2, 0.25) is 0 Å². The normalized spacial score (nSPS) is 12.7. The molecule has 3 aromatic rings. The summed E-state index contributed by atoms with van der Waals surface area (Å²) in [5.41, 5.74) is 0.296. The third kappa shape index (κ3) is 15.7. The van der Waals surface area contributed by atoms with Crippen molar-refractivity contribution < 1.29 is 123 Å². The second kappa shape index (κ2) is 21.7. The molecule has 0 atom stereocenters. The maximum Gasteiger partial charge on any atom is 0.369 e. The Hall–Kier alpha value is -1.93. The fourth-order valence-corrected chi connectivity index (χ4v) is 9.86. The van der Waals surface area contributed by atoms with Crippen LogP contribution in [-0.4, -0.2) is 126 Å². The molecule has 23 N–H and O–H groups in total. The molecule has 0 fully saturated rings. The number of rotatable bonds is 12. The fraction of sp³-hybridized carbons (Fsp3) is 0.286. The molecule has 0 saturated carbocycles. The van der Waals surface area contributed by atoms with Gasteiger partial charge in [0.25, 0.3) is 15.2 Å². The van der Waals surface area contributed by atoms with Crippen LogP contribution in [0.1, 0.15) is 16.7 Å². The van der Waals surface area contributed by atoms with Gasteiger partial charge < -0.3 is 95.9 Å². The van der Waals surface area contributed by atoms with Gasteiger partial charge in [-0.2, -0.15) is 0 Å². The number of aromatic nitrogens is 3. The molecule has 0 amide bonds. The van der Waals surface area contributed by atoms with E-state index in [1.807, 2.05) is 0 Å². The van der Waals surface area contributed by atoms with E-state index in [2.05, 4.69) is 15.0 Å². The molecule has 0 unspecified atom stereocenters. The first-order valence-corrected chi connectivity index (χ1v) is 22.6. The van der Waals surface area contributed by atoms with Crippen LogP contribution in [0.15, 0.2) is 73.6 Å². The smallest absolute Gasteiger partial charge is 0.369 e. The van der Waals surface area contributed by atoms with Crippen molar-refractivity contribution in [2.75, 3.05) is 0 Å². The van der Waals surface area contributed by atoms with E-state index < -0.39 is 80.1 Å². The summed E-state index contributed by atoms with van der Waals surface area (Å²) in [4.78, 5) is 117. The van der Waals surface area contributed by atoms with Crippen LogP contribution in [0, 0.1) is 0 Å². The van der Waals surface area contributed by atoms with Crippen LogP contribution in [0.25, 0.3) is 0 Å². The quantitative estimate of drug-likeness (QED) is 0.0762. The summed E-state index contributed by atoms with van der Waals surface area (Å²) < 4.78 is 66.2. The highest BCUT2D eigenvalue weighted by Gasteiger charge is 2.61. The lowest BCUT2D eigenvalue weighted by Gasteiger charge is -2.29. The van der Waals surface area contributed by atoms with Crippen molar-refractivity contribution in [2.24, 2.45) is 0 Å². The highest BCUT2D eigenvalue weighted by atomic mass is 31.3. The summed E-state index contributed by atoms with van der Waals surface area (Å²) in [5.74, 6) is 0. The largest absolute Gasteiger partial charge is 0.412 e. The Balaban J connectivity index is -0.000000342. The molecular formula is C21H41N3O25P6. The van der Waals surface area contributed by atoms with Gasteiger partial charge in [0.05, 0.1) is 0 Å². The molecule has 0 aromatic carbocycles. The third-order valence-corrected chi connectivity index (χ3v) is 17.5. The number of aliphatic hydroxyl groups is 3. The van der Waals surface area contributed by atoms with E-state index in [0.29, 0.717) is 0 Å². The zero-order chi connectivity index (χ0) is 40.0. The minimum Gasteiger partial charge on any atom is -0.412 e. The second-order valence-corrected chi connectivity index (χ2v) is 22.2. The number of nitrogens with zero attached hydrogens (tertiary/aromatic N) is 3. The van der Waals surface area contributed by atoms with Crippen molar-refractivity contribution in [3.8, 4) is 0 Å². The van der Waals surface area contributed by atoms with Crippen molar-refractivity contribution in [3.05, 3.63) is 90.3 Å². The molecule has 55 heavy (non-hydrogen) atoms. The van der Waals surface area contributed by atoms with Crippen LogP contribution < -0.4 is 0 Å². The summed E-state index contributed by atoms with van der Waals surface area (Å²) in [6, 6.07) is 8.25. The van der Waals surface area contributed by atoms with E-state index in [4.69, 9.17) is 58.7 Å². The molecule has 320 valence electrons. The lowest BCUT2D eigenvalue weighted by Crippen LogP contribution is -2.31. The summed E-state index contributed by atoms with van der Waals surface area (Å²) in [6.07, 6.45) is 4.88. The second-order valence-electron chi connectivity index (χ2n) is 10.2. The Morgan fingerprint density at radius 1 is 0.382 bits per heavy atom. The van der Waals surface area contributed by atoms with Crippen molar-refractivity contribution in [3.63, 3.8) is 0 Å². The molecule has 28 nitrogen and oxygen atoms in total. The summed E-state index contributed by atoms with van der Waals surface area (Å²) in [6.45, 7) is 0. The van der Waals surface area contributed by atoms with Gasteiger partial charge in [-0.25, -0.2) is 0 Å². The van der Waals surface area contributed by atoms with Gasteiger partial charge in [-0.1, -0.05) is 18.2 Å². The lowest BCUT2D eigenvalue weighted by atomic mass is 10.2. The Bertz CT molecular complexity index is 1590. The standard InChI is InChI=1S/3C7H11NO7P2.4H2O/c3*9-7(16(10,11)12,17(13,14)15)4-6-2-1-3-8-5-6;;;;/h3*1-3,5,9H,4H2,(H2,10,11,12)(H2,13,14,15);4*1H2. The zero-order valence-corrected chi connectivity index (χ0v) is 32.6. The van der Waals surface area contributed by atoms with E-state index in [0.717, 1.165) is 18.6 Å². The summed E-state index contributed by atoms with van der Waals surface area (Å²) in [5, 5.41) is 18.5. The maximum absolute atomic E-state index is 11.0. The van der Waals surface area contributed by atoms with Crippen molar-refractivity contribution in [2.45, 2.75) is 34.5 Å². The Labute approximate surface area is 308 Å². The van der Waals surface area contributed by atoms with E-state index >= 15 is 0 Å². The minimum absolute atomic E-state index is 0. The maximum atomic E-state index is 11.0. The Kier molecular flexibility index (Phi) is 23.6. The highest BCUT2D eigenvalue weighted by molar-refractivity contribution is 7.73. The predicted molar refractivity (Wildman–Crippen MR) is 185 cm³/mol. The van der Waals surface area contributed by atoms with Gasteiger partial charge in [-0.15, -0.1) is 0 Å². The Morgan fingerprint density at radius 3 is 0.655 bits per heavy atom. The number of hydrogen-bond donors (Lipinski definition) is 15. The molecule has 0 aliphatic heterocycles. The molecule has 0 saturated heterocycles. The molecule has 3 aromatic heterocycles. The van der Waals surface area contributed by atoms with Gasteiger partial charge in [-0.05, 0) is 34.9 Å². The van der Waals surface area contributed by atoms with Crippen LogP contribution in [0.3, 0.4) is 0 Å². The third-order valence-electron chi connectivity index (χ3n) is 6.29. The van der Waals surface area contributed by atoms with E-state index in [-0.39, 0.29) is 38.6 Å². The molecule has 0 aliphatic rings. The van der Waals surface area contributed by atoms with Crippen LogP contribution >= 0.6 is 45.6 Å². The molecule has 3 rings (SSSR count). The minimum atomic E-state index is -5.41. The molecule has 0 bridgehead atoms. The monoisotopic (exact) mass is 921 g/mol. The van der Waals surface area contributed by atoms with Crippen molar-refractivity contribution in [1.82, 2.24) is 15.0 Å². The Morgan fingerprint density at radius 2 is 0.545 bits per heavy atom. The lowest BCUT2D eigenvalue weighted by molar-refractivity contribution is 0.130. The number of pyridine rings is 3. The average molecular weight is 921 g/mol. The molecule has 0 spiro atoms. The average Bonchev–Trinajstić information content (AvgIpc) is 2.96. The van der Waals surface area contributed by atoms with Gasteiger partial charge in [0.15, 0.2) is 0 Å². The van der Waals surface area contributed by atoms with Crippen LogP contribution in [-0.2, 0) is 46.7 Å². The van der Waals surface area contributed by atoms with E-state index in [1.54, 1.807) is 0 Å². The van der Waals surface area contributed by atoms with Crippen LogP contribution in [0.4, 0.5) is 0 Å². The predicted octanol–water partition coefficient (Wildman–Crippen LogP) is -4.42. The fourth-order valence-electron chi connectivity index (χ4n) is 3.46. The van der Waals surface area contributed by atoms with Gasteiger partial charge in [-0.3, -0.25) is 42.3 Å². The highest BCUT2D eigenvalue weighted by Crippen LogP contribution is 2.70. The SMILES string of the molecule is O.O.O.O.O=P(O)(O)C(O)(Cc1cccnc1)P(=O)(O)O.O=P(O)(O)C(O)(Cc1cccnc1)P(=O)(O)O.O=P(O)(O)C(O)(Cc1cccnc1)P(=O)(O)O. The number of hydrogen-bond acceptors (Lipinski definition) is 12. The molecular weight excluding hydrogens is 880 g/mol. The molecule has 3 heterocycles.